The zero-order chi connectivity index (χ0) is 18.4. The zero-order valence-corrected chi connectivity index (χ0v) is 14.8. The van der Waals surface area contributed by atoms with E-state index in [1.807, 2.05) is 0 Å². The normalized spacial score (nSPS) is 11.5. The van der Waals surface area contributed by atoms with Crippen LogP contribution in [0.1, 0.15) is 6.92 Å². The third-order valence-electron chi connectivity index (χ3n) is 4.07. The molecule has 0 amide bonds. The third kappa shape index (κ3) is 2.62. The van der Waals surface area contributed by atoms with Crippen molar-refractivity contribution in [2.45, 2.75) is 13.5 Å². The second-order valence-corrected chi connectivity index (χ2v) is 7.64. The molecule has 0 saturated heterocycles. The van der Waals surface area contributed by atoms with Gasteiger partial charge in [-0.15, -0.1) is 5.92 Å². The largest absolute Gasteiger partial charge is 0.505 e. The van der Waals surface area contributed by atoms with Gasteiger partial charge in [-0.1, -0.05) is 5.92 Å². The van der Waals surface area contributed by atoms with Crippen LogP contribution in [-0.4, -0.2) is 41.5 Å². The van der Waals surface area contributed by atoms with Crippen LogP contribution in [0.2, 0.25) is 0 Å². The summed E-state index contributed by atoms with van der Waals surface area (Å²) >= 11 is 0. The molecule has 0 fully saturated rings. The number of sulfonamides is 1. The van der Waals surface area contributed by atoms with Gasteiger partial charge in [0.15, 0.2) is 5.75 Å². The lowest BCUT2D eigenvalue weighted by Gasteiger charge is -2.20. The van der Waals surface area contributed by atoms with Gasteiger partial charge in [-0.25, -0.2) is 8.42 Å². The van der Waals surface area contributed by atoms with Gasteiger partial charge in [0.05, 0.1) is 23.9 Å². The molecule has 0 bridgehead atoms. The summed E-state index contributed by atoms with van der Waals surface area (Å²) in [5.74, 6) is 5.18. The van der Waals surface area contributed by atoms with Gasteiger partial charge in [0.2, 0.25) is 15.9 Å². The summed E-state index contributed by atoms with van der Waals surface area (Å²) in [6.07, 6.45) is 4.17. The maximum absolute atomic E-state index is 12.1. The first kappa shape index (κ1) is 16.9. The Morgan fingerprint density at radius 1 is 1.32 bits per heavy atom. The lowest BCUT2D eigenvalue weighted by Crippen LogP contribution is -2.25. The topological polar surface area (TPSA) is 95.7 Å². The Morgan fingerprint density at radius 3 is 2.68 bits per heavy atom. The van der Waals surface area contributed by atoms with Gasteiger partial charge in [0.25, 0.3) is 0 Å². The van der Waals surface area contributed by atoms with E-state index in [0.29, 0.717) is 16.5 Å². The average Bonchev–Trinajstić information content (AvgIpc) is 2.89. The maximum Gasteiger partial charge on any atom is 0.232 e. The molecule has 3 aromatic rings. The molecule has 0 atom stereocenters. The summed E-state index contributed by atoms with van der Waals surface area (Å²) in [4.78, 5) is 4.15. The number of phenols is 1. The van der Waals surface area contributed by atoms with Crippen molar-refractivity contribution in [2.75, 3.05) is 17.6 Å². The summed E-state index contributed by atoms with van der Waals surface area (Å²) in [7, 11) is -2.14. The quantitative estimate of drug-likeness (QED) is 0.698. The van der Waals surface area contributed by atoms with E-state index in [1.165, 1.54) is 17.8 Å². The number of phenolic OH excluding ortho intramolecular Hbond substituents is 1. The van der Waals surface area contributed by atoms with E-state index in [9.17, 15) is 18.6 Å². The van der Waals surface area contributed by atoms with Crippen LogP contribution < -0.4 is 4.31 Å². The molecule has 0 saturated carbocycles. The minimum Gasteiger partial charge on any atom is -0.505 e. The molecular formula is C17H17N3O4S. The minimum absolute atomic E-state index is 0.148. The number of aromatic hydroxyl groups is 2. The fourth-order valence-electron chi connectivity index (χ4n) is 2.80. The fourth-order valence-corrected chi connectivity index (χ4v) is 3.33. The monoisotopic (exact) mass is 359 g/mol. The van der Waals surface area contributed by atoms with Crippen molar-refractivity contribution < 1.29 is 18.6 Å². The highest BCUT2D eigenvalue weighted by Gasteiger charge is 2.25. The summed E-state index contributed by atoms with van der Waals surface area (Å²) in [5.41, 5.74) is 0.562. The van der Waals surface area contributed by atoms with Gasteiger partial charge in [-0.3, -0.25) is 9.29 Å². The predicted octanol–water partition coefficient (Wildman–Crippen LogP) is 2.02. The molecule has 25 heavy (non-hydrogen) atoms. The third-order valence-corrected chi connectivity index (χ3v) is 5.25. The van der Waals surface area contributed by atoms with Gasteiger partial charge in [0.1, 0.15) is 5.52 Å². The van der Waals surface area contributed by atoms with Crippen LogP contribution in [0, 0.1) is 11.8 Å². The lowest BCUT2D eigenvalue weighted by molar-refractivity contribution is 0.428. The Kier molecular flexibility index (Phi) is 3.97. The van der Waals surface area contributed by atoms with Crippen molar-refractivity contribution in [3.05, 3.63) is 24.5 Å². The standard InChI is InChI=1S/C17H17N3O4S/c1-4-5-9-20-10-12-13(17(20)22)16(21)14-11(7-6-8-18-14)15(12)19(2)25(3,23)24/h6-8,10,21-22H,9H2,1-3H3. The first-order chi connectivity index (χ1) is 11.8. The Balaban J connectivity index is 2.52. The predicted molar refractivity (Wildman–Crippen MR) is 97.3 cm³/mol. The van der Waals surface area contributed by atoms with Crippen LogP contribution in [0.4, 0.5) is 5.69 Å². The molecule has 0 aliphatic heterocycles. The van der Waals surface area contributed by atoms with Crippen LogP contribution in [0.3, 0.4) is 0 Å². The van der Waals surface area contributed by atoms with Crippen LogP contribution in [0.5, 0.6) is 11.6 Å². The van der Waals surface area contributed by atoms with E-state index < -0.39 is 10.0 Å². The second kappa shape index (κ2) is 5.86. The van der Waals surface area contributed by atoms with Crippen LogP contribution in [0.15, 0.2) is 24.5 Å². The Hall–Kier alpha value is -2.92. The number of pyridine rings is 1. The molecule has 2 heterocycles. The van der Waals surface area contributed by atoms with Crippen molar-refractivity contribution >= 4 is 37.4 Å². The van der Waals surface area contributed by atoms with Crippen molar-refractivity contribution in [3.8, 4) is 23.5 Å². The highest BCUT2D eigenvalue weighted by atomic mass is 32.2. The molecule has 0 radical (unpaired) electrons. The van der Waals surface area contributed by atoms with Gasteiger partial charge in [0, 0.05) is 30.2 Å². The molecule has 2 aromatic heterocycles. The summed E-state index contributed by atoms with van der Waals surface area (Å²) < 4.78 is 26.8. The lowest BCUT2D eigenvalue weighted by atomic mass is 10.1. The molecule has 2 N–H and O–H groups in total. The number of nitrogens with zero attached hydrogens (tertiary/aromatic N) is 3. The van der Waals surface area contributed by atoms with Crippen LogP contribution in [0.25, 0.3) is 21.7 Å². The number of rotatable bonds is 3. The summed E-state index contributed by atoms with van der Waals surface area (Å²) in [6, 6.07) is 3.34. The number of aromatic nitrogens is 2. The SMILES string of the molecule is CC#CCn1cc2c(N(C)S(C)(=O)=O)c3cccnc3c(O)c2c1O. The van der Waals surface area contributed by atoms with Gasteiger partial charge >= 0.3 is 0 Å². The first-order valence-corrected chi connectivity index (χ1v) is 9.27. The molecule has 3 rings (SSSR count). The van der Waals surface area contributed by atoms with Crippen molar-refractivity contribution in [1.29, 1.82) is 0 Å². The summed E-state index contributed by atoms with van der Waals surface area (Å²) in [5, 5.41) is 22.1. The van der Waals surface area contributed by atoms with Crippen molar-refractivity contribution in [2.24, 2.45) is 0 Å². The van der Waals surface area contributed by atoms with Crippen LogP contribution in [-0.2, 0) is 16.6 Å². The Labute approximate surface area is 145 Å². The number of benzene rings is 1. The fraction of sp³-hybridized carbons (Fsp3) is 0.235. The molecule has 0 unspecified atom stereocenters. The smallest absolute Gasteiger partial charge is 0.232 e. The van der Waals surface area contributed by atoms with Crippen LogP contribution >= 0.6 is 0 Å². The number of hydrogen-bond acceptors (Lipinski definition) is 5. The number of anilines is 1. The van der Waals surface area contributed by atoms with E-state index in [1.54, 1.807) is 25.3 Å². The van der Waals surface area contributed by atoms with E-state index >= 15 is 0 Å². The first-order valence-electron chi connectivity index (χ1n) is 7.42. The summed E-state index contributed by atoms with van der Waals surface area (Å²) in [6.45, 7) is 1.89. The Bertz CT molecular complexity index is 1150. The number of fused-ring (bicyclic) bond motifs is 2. The van der Waals surface area contributed by atoms with Gasteiger partial charge < -0.3 is 14.8 Å². The van der Waals surface area contributed by atoms with Crippen molar-refractivity contribution in [3.63, 3.8) is 0 Å². The second-order valence-electron chi connectivity index (χ2n) is 5.62. The molecule has 8 heteroatoms. The Morgan fingerprint density at radius 2 is 2.04 bits per heavy atom. The molecule has 7 nitrogen and oxygen atoms in total. The van der Waals surface area contributed by atoms with Gasteiger partial charge in [-0.2, -0.15) is 0 Å². The van der Waals surface area contributed by atoms with Gasteiger partial charge in [-0.05, 0) is 19.1 Å². The molecule has 0 aliphatic carbocycles. The minimum atomic E-state index is -3.57. The molecule has 0 spiro atoms. The highest BCUT2D eigenvalue weighted by molar-refractivity contribution is 7.92. The van der Waals surface area contributed by atoms with E-state index in [0.717, 1.165) is 10.6 Å². The molecule has 0 aliphatic rings. The van der Waals surface area contributed by atoms with E-state index in [2.05, 4.69) is 16.8 Å². The molecule has 1 aromatic carbocycles. The maximum atomic E-state index is 12.1. The molecule has 130 valence electrons. The highest BCUT2D eigenvalue weighted by Crippen LogP contribution is 2.46. The van der Waals surface area contributed by atoms with E-state index in [4.69, 9.17) is 0 Å². The van der Waals surface area contributed by atoms with Crippen molar-refractivity contribution in [1.82, 2.24) is 9.55 Å². The molecular weight excluding hydrogens is 342 g/mol. The average molecular weight is 359 g/mol. The number of hydrogen-bond donors (Lipinski definition) is 2. The van der Waals surface area contributed by atoms with E-state index in [-0.39, 0.29) is 29.1 Å². The zero-order valence-electron chi connectivity index (χ0n) is 14.0.